The lowest BCUT2D eigenvalue weighted by Gasteiger charge is -2.25. The molecule has 0 fully saturated rings. The van der Waals surface area contributed by atoms with Crippen LogP contribution in [0.3, 0.4) is 0 Å². The van der Waals surface area contributed by atoms with Gasteiger partial charge in [0.2, 0.25) is 0 Å². The van der Waals surface area contributed by atoms with Gasteiger partial charge in [0, 0.05) is 11.3 Å². The van der Waals surface area contributed by atoms with Gasteiger partial charge in [-0.1, -0.05) is 36.9 Å². The van der Waals surface area contributed by atoms with Crippen LogP contribution in [-0.2, 0) is 4.79 Å². The number of para-hydroxylation sites is 1. The Labute approximate surface area is 149 Å². The molecule has 4 rings (SSSR count). The molecule has 0 aliphatic carbocycles. The SMILES string of the molecule is C=CCOc1ccc([C@@H]2CC(=O)Oc3c2c(=O)[nH]c2ccccc32)cc1. The summed E-state index contributed by atoms with van der Waals surface area (Å²) in [6.45, 7) is 4.04. The molecule has 1 atom stereocenters. The van der Waals surface area contributed by atoms with Crippen molar-refractivity contribution in [3.63, 3.8) is 0 Å². The highest BCUT2D eigenvalue weighted by Crippen LogP contribution is 2.40. The average Bonchev–Trinajstić information content (AvgIpc) is 2.66. The van der Waals surface area contributed by atoms with Crippen LogP contribution in [0, 0.1) is 0 Å². The smallest absolute Gasteiger partial charge is 0.312 e. The molecule has 0 saturated carbocycles. The molecule has 2 heterocycles. The predicted octanol–water partition coefficient (Wildman–Crippen LogP) is 3.53. The van der Waals surface area contributed by atoms with Crippen molar-refractivity contribution in [2.45, 2.75) is 12.3 Å². The first-order valence-electron chi connectivity index (χ1n) is 8.36. The van der Waals surface area contributed by atoms with Gasteiger partial charge in [-0.25, -0.2) is 0 Å². The van der Waals surface area contributed by atoms with E-state index < -0.39 is 0 Å². The molecule has 0 saturated heterocycles. The van der Waals surface area contributed by atoms with Crippen molar-refractivity contribution in [1.29, 1.82) is 0 Å². The lowest BCUT2D eigenvalue weighted by Crippen LogP contribution is -2.28. The number of benzene rings is 2. The van der Waals surface area contributed by atoms with Gasteiger partial charge in [0.25, 0.3) is 5.56 Å². The van der Waals surface area contributed by atoms with E-state index in [1.54, 1.807) is 12.1 Å². The number of pyridine rings is 1. The van der Waals surface area contributed by atoms with Gasteiger partial charge < -0.3 is 14.5 Å². The van der Waals surface area contributed by atoms with Crippen molar-refractivity contribution in [2.75, 3.05) is 6.61 Å². The lowest BCUT2D eigenvalue weighted by molar-refractivity contribution is -0.135. The molecule has 0 unspecified atom stereocenters. The summed E-state index contributed by atoms with van der Waals surface area (Å²) in [5, 5.41) is 0.728. The molecule has 2 aromatic carbocycles. The number of carbonyl (C=O) groups excluding carboxylic acids is 1. The Balaban J connectivity index is 1.82. The number of aromatic nitrogens is 1. The molecule has 0 bridgehead atoms. The van der Waals surface area contributed by atoms with Crippen molar-refractivity contribution >= 4 is 16.9 Å². The molecule has 0 amide bonds. The number of esters is 1. The Kier molecular flexibility index (Phi) is 4.05. The standard InChI is InChI=1S/C21H17NO4/c1-2-11-25-14-9-7-13(8-10-14)16-12-18(23)26-20-15-5-3-4-6-17(15)22-21(24)19(16)20/h2-10,16H,1,11-12H2,(H,22,24)/t16-/m0/s1. The second kappa shape index (κ2) is 6.52. The van der Waals surface area contributed by atoms with Gasteiger partial charge in [0.15, 0.2) is 0 Å². The fraction of sp³-hybridized carbons (Fsp3) is 0.143. The quantitative estimate of drug-likeness (QED) is 0.579. The van der Waals surface area contributed by atoms with Gasteiger partial charge in [-0.2, -0.15) is 0 Å². The second-order valence-corrected chi connectivity index (χ2v) is 6.14. The number of nitrogens with one attached hydrogen (secondary N) is 1. The number of hydrogen-bond acceptors (Lipinski definition) is 4. The molecule has 1 aromatic heterocycles. The summed E-state index contributed by atoms with van der Waals surface area (Å²) in [5.41, 5.74) is 1.78. The van der Waals surface area contributed by atoms with Crippen LogP contribution in [0.25, 0.3) is 10.9 Å². The number of aromatic amines is 1. The minimum Gasteiger partial charge on any atom is -0.490 e. The third kappa shape index (κ3) is 2.77. The van der Waals surface area contributed by atoms with Crippen molar-refractivity contribution < 1.29 is 14.3 Å². The Hall–Kier alpha value is -3.34. The highest BCUT2D eigenvalue weighted by molar-refractivity contribution is 5.91. The van der Waals surface area contributed by atoms with Gasteiger partial charge in [-0.05, 0) is 29.8 Å². The summed E-state index contributed by atoms with van der Waals surface area (Å²) < 4.78 is 11.0. The fourth-order valence-corrected chi connectivity index (χ4v) is 3.31. The Morgan fingerprint density at radius 3 is 2.69 bits per heavy atom. The van der Waals surface area contributed by atoms with Crippen molar-refractivity contribution in [3.8, 4) is 11.5 Å². The Morgan fingerprint density at radius 1 is 1.15 bits per heavy atom. The molecule has 3 aromatic rings. The van der Waals surface area contributed by atoms with Gasteiger partial charge in [0.05, 0.1) is 17.5 Å². The Bertz CT molecular complexity index is 1050. The maximum atomic E-state index is 12.7. The van der Waals surface area contributed by atoms with Crippen LogP contribution in [0.15, 0.2) is 66.0 Å². The zero-order valence-electron chi connectivity index (χ0n) is 14.0. The van der Waals surface area contributed by atoms with E-state index >= 15 is 0 Å². The first kappa shape index (κ1) is 16.1. The Morgan fingerprint density at radius 2 is 1.92 bits per heavy atom. The molecule has 26 heavy (non-hydrogen) atoms. The highest BCUT2D eigenvalue weighted by atomic mass is 16.5. The maximum Gasteiger partial charge on any atom is 0.312 e. The van der Waals surface area contributed by atoms with E-state index in [1.807, 2.05) is 42.5 Å². The van der Waals surface area contributed by atoms with Gasteiger partial charge in [0.1, 0.15) is 18.1 Å². The zero-order valence-corrected chi connectivity index (χ0v) is 14.0. The molecule has 5 nitrogen and oxygen atoms in total. The third-order valence-corrected chi connectivity index (χ3v) is 4.49. The molecule has 130 valence electrons. The van der Waals surface area contributed by atoms with Crippen molar-refractivity contribution in [1.82, 2.24) is 4.98 Å². The molecule has 1 aliphatic heterocycles. The van der Waals surface area contributed by atoms with Crippen LogP contribution in [-0.4, -0.2) is 17.6 Å². The normalized spacial score (nSPS) is 16.0. The summed E-state index contributed by atoms with van der Waals surface area (Å²) in [4.78, 5) is 27.8. The molecular formula is C21H17NO4. The van der Waals surface area contributed by atoms with Crippen LogP contribution < -0.4 is 15.0 Å². The van der Waals surface area contributed by atoms with E-state index in [-0.39, 0.29) is 23.9 Å². The molecular weight excluding hydrogens is 330 g/mol. The summed E-state index contributed by atoms with van der Waals surface area (Å²) in [5.74, 6) is 0.371. The van der Waals surface area contributed by atoms with E-state index in [0.29, 0.717) is 29.2 Å². The number of H-pyrrole nitrogens is 1. The molecule has 1 N–H and O–H groups in total. The monoisotopic (exact) mass is 347 g/mol. The van der Waals surface area contributed by atoms with Gasteiger partial charge in [-0.3, -0.25) is 9.59 Å². The number of carbonyl (C=O) groups is 1. The predicted molar refractivity (Wildman–Crippen MR) is 98.8 cm³/mol. The first-order chi connectivity index (χ1) is 12.7. The lowest BCUT2D eigenvalue weighted by atomic mass is 9.86. The topological polar surface area (TPSA) is 68.4 Å². The highest BCUT2D eigenvalue weighted by Gasteiger charge is 2.32. The van der Waals surface area contributed by atoms with Crippen LogP contribution in [0.5, 0.6) is 11.5 Å². The van der Waals surface area contributed by atoms with Crippen LogP contribution in [0.1, 0.15) is 23.5 Å². The van der Waals surface area contributed by atoms with Gasteiger partial charge >= 0.3 is 5.97 Å². The number of fused-ring (bicyclic) bond motifs is 3. The second-order valence-electron chi connectivity index (χ2n) is 6.14. The van der Waals surface area contributed by atoms with E-state index in [2.05, 4.69) is 11.6 Å². The zero-order chi connectivity index (χ0) is 18.1. The summed E-state index contributed by atoms with van der Waals surface area (Å²) in [6.07, 6.45) is 1.80. The van der Waals surface area contributed by atoms with Gasteiger partial charge in [-0.15, -0.1) is 0 Å². The average molecular weight is 347 g/mol. The summed E-state index contributed by atoms with van der Waals surface area (Å²) >= 11 is 0. The van der Waals surface area contributed by atoms with E-state index in [4.69, 9.17) is 9.47 Å². The minimum atomic E-state index is -0.354. The van der Waals surface area contributed by atoms with E-state index in [1.165, 1.54) is 0 Å². The van der Waals surface area contributed by atoms with E-state index in [9.17, 15) is 9.59 Å². The largest absolute Gasteiger partial charge is 0.490 e. The maximum absolute atomic E-state index is 12.7. The van der Waals surface area contributed by atoms with Crippen LogP contribution in [0.4, 0.5) is 0 Å². The van der Waals surface area contributed by atoms with Crippen molar-refractivity contribution in [3.05, 3.63) is 82.7 Å². The number of rotatable bonds is 4. The summed E-state index contributed by atoms with van der Waals surface area (Å²) in [6, 6.07) is 14.7. The minimum absolute atomic E-state index is 0.126. The summed E-state index contributed by atoms with van der Waals surface area (Å²) in [7, 11) is 0. The first-order valence-corrected chi connectivity index (χ1v) is 8.36. The van der Waals surface area contributed by atoms with E-state index in [0.717, 1.165) is 10.9 Å². The van der Waals surface area contributed by atoms with Crippen LogP contribution in [0.2, 0.25) is 0 Å². The number of ether oxygens (including phenoxy) is 2. The molecule has 5 heteroatoms. The molecule has 0 spiro atoms. The molecule has 1 aliphatic rings. The fourth-order valence-electron chi connectivity index (χ4n) is 3.31. The van der Waals surface area contributed by atoms with Crippen LogP contribution >= 0.6 is 0 Å². The third-order valence-electron chi connectivity index (χ3n) is 4.49. The number of hydrogen-bond donors (Lipinski definition) is 1. The molecule has 0 radical (unpaired) electrons. The van der Waals surface area contributed by atoms with Crippen molar-refractivity contribution in [2.24, 2.45) is 0 Å².